The third-order valence-electron chi connectivity index (χ3n) is 5.86. The summed E-state index contributed by atoms with van der Waals surface area (Å²) in [4.78, 5) is 23.5. The van der Waals surface area contributed by atoms with E-state index in [1.165, 1.54) is 83.5 Å². The van der Waals surface area contributed by atoms with Crippen molar-refractivity contribution in [1.82, 2.24) is 5.32 Å². The first-order valence-corrected chi connectivity index (χ1v) is 13.8. The van der Waals surface area contributed by atoms with E-state index in [4.69, 9.17) is 21.1 Å². The summed E-state index contributed by atoms with van der Waals surface area (Å²) in [5.74, 6) is 0.105. The molecule has 0 atom stereocenters. The van der Waals surface area contributed by atoms with Crippen LogP contribution in [0.25, 0.3) is 0 Å². The maximum Gasteiger partial charge on any atom is 0.344 e. The van der Waals surface area contributed by atoms with Gasteiger partial charge in [0.1, 0.15) is 12.4 Å². The van der Waals surface area contributed by atoms with E-state index in [0.29, 0.717) is 23.7 Å². The van der Waals surface area contributed by atoms with Crippen molar-refractivity contribution in [1.29, 1.82) is 0 Å². The maximum atomic E-state index is 11.9. The average molecular weight is 496 g/mol. The molecule has 34 heavy (non-hydrogen) atoms. The number of hydrogen-bond acceptors (Lipinski definition) is 4. The zero-order chi connectivity index (χ0) is 24.7. The summed E-state index contributed by atoms with van der Waals surface area (Å²) in [7, 11) is 0. The highest BCUT2D eigenvalue weighted by molar-refractivity contribution is 6.30. The molecule has 1 aromatic rings. The number of halogens is 1. The summed E-state index contributed by atoms with van der Waals surface area (Å²) < 4.78 is 10.4. The highest BCUT2D eigenvalue weighted by atomic mass is 35.5. The molecule has 5 nitrogen and oxygen atoms in total. The van der Waals surface area contributed by atoms with Crippen molar-refractivity contribution in [3.63, 3.8) is 0 Å². The van der Waals surface area contributed by atoms with E-state index in [-0.39, 0.29) is 19.1 Å². The van der Waals surface area contributed by atoms with Gasteiger partial charge in [-0.15, -0.1) is 0 Å². The van der Waals surface area contributed by atoms with Crippen LogP contribution in [-0.2, 0) is 14.3 Å². The van der Waals surface area contributed by atoms with Crippen molar-refractivity contribution in [3.05, 3.63) is 29.3 Å². The normalized spacial score (nSPS) is 10.8. The molecule has 0 aliphatic heterocycles. The maximum absolute atomic E-state index is 11.9. The number of amides is 1. The van der Waals surface area contributed by atoms with Crippen molar-refractivity contribution >= 4 is 23.5 Å². The lowest BCUT2D eigenvalue weighted by Crippen LogP contribution is -2.28. The SMILES string of the molecule is CCCCCCCCCCCCCCCCCC(=O)NCCOC(=O)COc1ccc(Cl)cc1. The number of unbranched alkanes of at least 4 members (excludes halogenated alkanes) is 14. The van der Waals surface area contributed by atoms with E-state index in [1.807, 2.05) is 0 Å². The molecule has 0 saturated heterocycles. The standard InChI is InChI=1S/C28H46ClNO4/c1-2-3-4-5-6-7-8-9-10-11-12-13-14-15-16-17-27(31)30-22-23-33-28(32)24-34-26-20-18-25(29)19-21-26/h18-21H,2-17,22-24H2,1H3,(H,30,31). The molecule has 0 heterocycles. The highest BCUT2D eigenvalue weighted by Gasteiger charge is 2.06. The van der Waals surface area contributed by atoms with E-state index in [2.05, 4.69) is 12.2 Å². The van der Waals surface area contributed by atoms with E-state index in [0.717, 1.165) is 12.8 Å². The predicted molar refractivity (Wildman–Crippen MR) is 140 cm³/mol. The van der Waals surface area contributed by atoms with Gasteiger partial charge >= 0.3 is 5.97 Å². The van der Waals surface area contributed by atoms with Gasteiger partial charge in [0.25, 0.3) is 0 Å². The number of benzene rings is 1. The summed E-state index contributed by atoms with van der Waals surface area (Å²) >= 11 is 5.80. The molecule has 194 valence electrons. The molecule has 0 aromatic heterocycles. The van der Waals surface area contributed by atoms with Crippen molar-refractivity contribution in [2.75, 3.05) is 19.8 Å². The molecule has 0 aliphatic rings. The fraction of sp³-hybridized carbons (Fsp3) is 0.714. The number of carbonyl (C=O) groups is 2. The van der Waals surface area contributed by atoms with Crippen LogP contribution >= 0.6 is 11.6 Å². The van der Waals surface area contributed by atoms with Gasteiger partial charge in [-0.05, 0) is 30.7 Å². The molecule has 6 heteroatoms. The Morgan fingerprint density at radius 2 is 1.26 bits per heavy atom. The molecule has 1 rings (SSSR count). The second kappa shape index (κ2) is 21.8. The zero-order valence-corrected chi connectivity index (χ0v) is 22.0. The molecule has 1 N–H and O–H groups in total. The van der Waals surface area contributed by atoms with Crippen LogP contribution in [0.2, 0.25) is 5.02 Å². The van der Waals surface area contributed by atoms with Crippen LogP contribution in [0.1, 0.15) is 110 Å². The number of ether oxygens (including phenoxy) is 2. The Bertz CT molecular complexity index is 636. The lowest BCUT2D eigenvalue weighted by atomic mass is 10.0. The molecule has 0 unspecified atom stereocenters. The lowest BCUT2D eigenvalue weighted by molar-refractivity contribution is -0.146. The molecule has 0 fully saturated rings. The molecule has 0 saturated carbocycles. The van der Waals surface area contributed by atoms with Gasteiger partial charge in [0.05, 0.1) is 6.54 Å². The largest absolute Gasteiger partial charge is 0.482 e. The molecule has 0 aliphatic carbocycles. The van der Waals surface area contributed by atoms with E-state index >= 15 is 0 Å². The van der Waals surface area contributed by atoms with Crippen molar-refractivity contribution in [2.24, 2.45) is 0 Å². The molecule has 0 bridgehead atoms. The average Bonchev–Trinajstić information content (AvgIpc) is 2.84. The Labute approximate surface area is 212 Å². The molecule has 1 amide bonds. The molecule has 0 radical (unpaired) electrons. The summed E-state index contributed by atoms with van der Waals surface area (Å²) in [6.07, 6.45) is 20.2. The van der Waals surface area contributed by atoms with E-state index in [9.17, 15) is 9.59 Å². The first-order chi connectivity index (χ1) is 16.6. The molecule has 1 aromatic carbocycles. The van der Waals surface area contributed by atoms with Crippen LogP contribution in [0.15, 0.2) is 24.3 Å². The van der Waals surface area contributed by atoms with Crippen LogP contribution in [0.3, 0.4) is 0 Å². The lowest BCUT2D eigenvalue weighted by Gasteiger charge is -2.08. The van der Waals surface area contributed by atoms with E-state index in [1.54, 1.807) is 24.3 Å². The number of rotatable bonds is 22. The van der Waals surface area contributed by atoms with Crippen LogP contribution in [0.4, 0.5) is 0 Å². The van der Waals surface area contributed by atoms with E-state index < -0.39 is 5.97 Å². The van der Waals surface area contributed by atoms with Gasteiger partial charge in [-0.25, -0.2) is 4.79 Å². The van der Waals surface area contributed by atoms with Gasteiger partial charge in [0.2, 0.25) is 5.91 Å². The second-order valence-electron chi connectivity index (χ2n) is 9.01. The van der Waals surface area contributed by atoms with Gasteiger partial charge < -0.3 is 14.8 Å². The van der Waals surface area contributed by atoms with Crippen LogP contribution in [0.5, 0.6) is 5.75 Å². The summed E-state index contributed by atoms with van der Waals surface area (Å²) in [5, 5.41) is 3.40. The minimum absolute atomic E-state index is 0.0168. The number of carbonyl (C=O) groups excluding carboxylic acids is 2. The minimum Gasteiger partial charge on any atom is -0.482 e. The zero-order valence-electron chi connectivity index (χ0n) is 21.3. The molecular formula is C28H46ClNO4. The Morgan fingerprint density at radius 1 is 0.765 bits per heavy atom. The summed E-state index contributed by atoms with van der Waals surface area (Å²) in [6, 6.07) is 6.76. The number of nitrogens with one attached hydrogen (secondary N) is 1. The predicted octanol–water partition coefficient (Wildman–Crippen LogP) is 7.64. The second-order valence-corrected chi connectivity index (χ2v) is 9.45. The van der Waals surface area contributed by atoms with Gasteiger partial charge in [-0.2, -0.15) is 0 Å². The minimum atomic E-state index is -0.466. The van der Waals surface area contributed by atoms with Crippen LogP contribution in [-0.4, -0.2) is 31.6 Å². The Morgan fingerprint density at radius 3 is 1.79 bits per heavy atom. The fourth-order valence-electron chi connectivity index (χ4n) is 3.82. The van der Waals surface area contributed by atoms with Gasteiger partial charge in [-0.3, -0.25) is 4.79 Å². The van der Waals surface area contributed by atoms with Gasteiger partial charge in [-0.1, -0.05) is 108 Å². The topological polar surface area (TPSA) is 64.6 Å². The Hall–Kier alpha value is -1.75. The van der Waals surface area contributed by atoms with Gasteiger partial charge in [0.15, 0.2) is 6.61 Å². The molecule has 0 spiro atoms. The van der Waals surface area contributed by atoms with Crippen molar-refractivity contribution in [2.45, 2.75) is 110 Å². The van der Waals surface area contributed by atoms with Crippen molar-refractivity contribution < 1.29 is 19.1 Å². The summed E-state index contributed by atoms with van der Waals surface area (Å²) in [5.41, 5.74) is 0. The smallest absolute Gasteiger partial charge is 0.344 e. The third-order valence-corrected chi connectivity index (χ3v) is 6.12. The summed E-state index contributed by atoms with van der Waals surface area (Å²) in [6.45, 7) is 2.57. The third kappa shape index (κ3) is 18.7. The molecular weight excluding hydrogens is 450 g/mol. The Kier molecular flexibility index (Phi) is 19.4. The van der Waals surface area contributed by atoms with Crippen molar-refractivity contribution in [3.8, 4) is 5.75 Å². The van der Waals surface area contributed by atoms with Gasteiger partial charge in [0, 0.05) is 11.4 Å². The fourth-order valence-corrected chi connectivity index (χ4v) is 3.94. The number of hydrogen-bond donors (Lipinski definition) is 1. The Balaban J connectivity index is 1.81. The highest BCUT2D eigenvalue weighted by Crippen LogP contribution is 2.15. The van der Waals surface area contributed by atoms with Crippen LogP contribution < -0.4 is 10.1 Å². The monoisotopic (exact) mass is 495 g/mol. The number of esters is 1. The first kappa shape index (κ1) is 30.3. The van der Waals surface area contributed by atoms with Crippen LogP contribution in [0, 0.1) is 0 Å². The quantitative estimate of drug-likeness (QED) is 0.132. The first-order valence-electron chi connectivity index (χ1n) is 13.4.